The molecule has 1 atom stereocenters. The standard InChI is InChI=1S/C16H28N2O5/c1-11(19)17-13(14(20)22-5)10-12-6-8-18(9-7-12)15(21)23-16(2,3)4/h12-13H,6-10H2,1-5H3,(H,17,19). The number of ether oxygens (including phenoxy) is 2. The molecule has 0 aromatic heterocycles. The maximum absolute atomic E-state index is 12.0. The second-order valence-corrected chi connectivity index (χ2v) is 6.92. The molecule has 7 nitrogen and oxygen atoms in total. The molecule has 132 valence electrons. The second-order valence-electron chi connectivity index (χ2n) is 6.92. The first-order chi connectivity index (χ1) is 10.6. The van der Waals surface area contributed by atoms with E-state index in [1.165, 1.54) is 14.0 Å². The van der Waals surface area contributed by atoms with Gasteiger partial charge in [-0.25, -0.2) is 9.59 Å². The van der Waals surface area contributed by atoms with Gasteiger partial charge in [0.1, 0.15) is 11.6 Å². The Morgan fingerprint density at radius 3 is 2.22 bits per heavy atom. The minimum absolute atomic E-state index is 0.254. The number of rotatable bonds is 4. The lowest BCUT2D eigenvalue weighted by Gasteiger charge is -2.34. The highest BCUT2D eigenvalue weighted by Crippen LogP contribution is 2.23. The fraction of sp³-hybridized carbons (Fsp3) is 0.812. The summed E-state index contributed by atoms with van der Waals surface area (Å²) in [6.45, 7) is 8.08. The van der Waals surface area contributed by atoms with E-state index in [0.717, 1.165) is 12.8 Å². The third-order valence-electron chi connectivity index (χ3n) is 3.70. The van der Waals surface area contributed by atoms with E-state index < -0.39 is 17.6 Å². The Morgan fingerprint density at radius 1 is 1.22 bits per heavy atom. The maximum atomic E-state index is 12.0. The van der Waals surface area contributed by atoms with E-state index in [4.69, 9.17) is 9.47 Å². The molecule has 0 aromatic rings. The molecule has 1 unspecified atom stereocenters. The van der Waals surface area contributed by atoms with Crippen molar-refractivity contribution in [2.75, 3.05) is 20.2 Å². The predicted molar refractivity (Wildman–Crippen MR) is 84.8 cm³/mol. The number of hydrogen-bond acceptors (Lipinski definition) is 5. The summed E-state index contributed by atoms with van der Waals surface area (Å²) in [6, 6.07) is -0.629. The minimum atomic E-state index is -0.629. The topological polar surface area (TPSA) is 84.9 Å². The van der Waals surface area contributed by atoms with Crippen molar-refractivity contribution in [1.29, 1.82) is 0 Å². The number of nitrogens with zero attached hydrogens (tertiary/aromatic N) is 1. The van der Waals surface area contributed by atoms with Gasteiger partial charge in [0, 0.05) is 20.0 Å². The summed E-state index contributed by atoms with van der Waals surface area (Å²) in [6.07, 6.45) is 1.76. The monoisotopic (exact) mass is 328 g/mol. The highest BCUT2D eigenvalue weighted by Gasteiger charge is 2.30. The van der Waals surface area contributed by atoms with Crippen LogP contribution in [0.15, 0.2) is 0 Å². The maximum Gasteiger partial charge on any atom is 0.410 e. The molecular weight excluding hydrogens is 300 g/mol. The molecule has 1 rings (SSSR count). The van der Waals surface area contributed by atoms with Gasteiger partial charge in [0.05, 0.1) is 7.11 Å². The first-order valence-electron chi connectivity index (χ1n) is 7.95. The van der Waals surface area contributed by atoms with Crippen LogP contribution in [0.3, 0.4) is 0 Å². The smallest absolute Gasteiger partial charge is 0.410 e. The van der Waals surface area contributed by atoms with E-state index in [1.807, 2.05) is 20.8 Å². The van der Waals surface area contributed by atoms with Crippen molar-refractivity contribution in [3.8, 4) is 0 Å². The third kappa shape index (κ3) is 6.88. The summed E-state index contributed by atoms with van der Waals surface area (Å²) in [5, 5.41) is 2.62. The van der Waals surface area contributed by atoms with Crippen molar-refractivity contribution >= 4 is 18.0 Å². The second kappa shape index (κ2) is 8.17. The predicted octanol–water partition coefficient (Wildman–Crippen LogP) is 1.70. The molecule has 2 amide bonds. The van der Waals surface area contributed by atoms with E-state index in [2.05, 4.69) is 5.32 Å². The Hall–Kier alpha value is -1.79. The van der Waals surface area contributed by atoms with Gasteiger partial charge in [-0.3, -0.25) is 4.79 Å². The molecule has 0 radical (unpaired) electrons. The van der Waals surface area contributed by atoms with Gasteiger partial charge < -0.3 is 19.7 Å². The molecule has 0 bridgehead atoms. The Kier molecular flexibility index (Phi) is 6.84. The average molecular weight is 328 g/mol. The molecule has 1 N–H and O–H groups in total. The number of methoxy groups -OCH3 is 1. The highest BCUT2D eigenvalue weighted by atomic mass is 16.6. The van der Waals surface area contributed by atoms with E-state index in [9.17, 15) is 14.4 Å². The molecule has 0 spiro atoms. The summed E-state index contributed by atoms with van der Waals surface area (Å²) < 4.78 is 10.1. The number of amides is 2. The molecule has 1 saturated heterocycles. The molecule has 1 heterocycles. The summed E-state index contributed by atoms with van der Waals surface area (Å²) in [5.41, 5.74) is -0.505. The van der Waals surface area contributed by atoms with Crippen LogP contribution in [0.25, 0.3) is 0 Å². The van der Waals surface area contributed by atoms with E-state index in [1.54, 1.807) is 4.90 Å². The number of nitrogens with one attached hydrogen (secondary N) is 1. The average Bonchev–Trinajstić information content (AvgIpc) is 2.44. The molecule has 0 aliphatic carbocycles. The zero-order valence-electron chi connectivity index (χ0n) is 14.7. The molecule has 0 aromatic carbocycles. The van der Waals surface area contributed by atoms with Crippen LogP contribution in [0.4, 0.5) is 4.79 Å². The van der Waals surface area contributed by atoms with Crippen molar-refractivity contribution < 1.29 is 23.9 Å². The lowest BCUT2D eigenvalue weighted by atomic mass is 9.90. The van der Waals surface area contributed by atoms with Crippen LogP contribution >= 0.6 is 0 Å². The number of carbonyl (C=O) groups excluding carboxylic acids is 3. The molecule has 7 heteroatoms. The number of esters is 1. The first-order valence-corrected chi connectivity index (χ1v) is 7.95. The summed E-state index contributed by atoms with van der Waals surface area (Å²) >= 11 is 0. The van der Waals surface area contributed by atoms with Crippen LogP contribution < -0.4 is 5.32 Å². The Labute approximate surface area is 137 Å². The largest absolute Gasteiger partial charge is 0.467 e. The molecule has 1 aliphatic rings. The molecule has 1 fully saturated rings. The van der Waals surface area contributed by atoms with Gasteiger partial charge in [0.25, 0.3) is 0 Å². The van der Waals surface area contributed by atoms with Gasteiger partial charge in [-0.05, 0) is 46.0 Å². The van der Waals surface area contributed by atoms with Crippen LogP contribution in [0.1, 0.15) is 47.0 Å². The Bertz CT molecular complexity index is 436. The summed E-state index contributed by atoms with van der Waals surface area (Å²) in [7, 11) is 1.31. The quantitative estimate of drug-likeness (QED) is 0.794. The van der Waals surface area contributed by atoms with Gasteiger partial charge in [0.2, 0.25) is 5.91 Å². The zero-order chi connectivity index (χ0) is 17.6. The van der Waals surface area contributed by atoms with Crippen LogP contribution in [0, 0.1) is 5.92 Å². The van der Waals surface area contributed by atoms with E-state index in [-0.39, 0.29) is 17.9 Å². The van der Waals surface area contributed by atoms with Gasteiger partial charge >= 0.3 is 12.1 Å². The van der Waals surface area contributed by atoms with Crippen LogP contribution in [0.2, 0.25) is 0 Å². The summed E-state index contributed by atoms with van der Waals surface area (Å²) in [5.74, 6) is -0.439. The van der Waals surface area contributed by atoms with Gasteiger partial charge in [-0.15, -0.1) is 0 Å². The van der Waals surface area contributed by atoms with Gasteiger partial charge in [0.15, 0.2) is 0 Å². The Balaban J connectivity index is 2.50. The first kappa shape index (κ1) is 19.3. The fourth-order valence-electron chi connectivity index (χ4n) is 2.61. The summed E-state index contributed by atoms with van der Waals surface area (Å²) in [4.78, 5) is 36.6. The number of piperidine rings is 1. The molecule has 23 heavy (non-hydrogen) atoms. The number of carbonyl (C=O) groups is 3. The van der Waals surface area contributed by atoms with Crippen molar-refractivity contribution in [1.82, 2.24) is 10.2 Å². The van der Waals surface area contributed by atoms with Gasteiger partial charge in [-0.1, -0.05) is 0 Å². The SMILES string of the molecule is COC(=O)C(CC1CCN(C(=O)OC(C)(C)C)CC1)NC(C)=O. The Morgan fingerprint density at radius 2 is 1.78 bits per heavy atom. The lowest BCUT2D eigenvalue weighted by molar-refractivity contribution is -0.145. The molecular formula is C16H28N2O5. The zero-order valence-corrected chi connectivity index (χ0v) is 14.7. The minimum Gasteiger partial charge on any atom is -0.467 e. The lowest BCUT2D eigenvalue weighted by Crippen LogP contribution is -2.45. The normalized spacial score (nSPS) is 17.3. The van der Waals surface area contributed by atoms with Crippen LogP contribution in [-0.4, -0.2) is 54.7 Å². The van der Waals surface area contributed by atoms with Crippen molar-refractivity contribution in [3.63, 3.8) is 0 Å². The van der Waals surface area contributed by atoms with Crippen molar-refractivity contribution in [2.24, 2.45) is 5.92 Å². The van der Waals surface area contributed by atoms with E-state index >= 15 is 0 Å². The fourth-order valence-corrected chi connectivity index (χ4v) is 2.61. The van der Waals surface area contributed by atoms with Crippen molar-refractivity contribution in [2.45, 2.75) is 58.6 Å². The number of likely N-dealkylation sites (tertiary alicyclic amines) is 1. The van der Waals surface area contributed by atoms with Gasteiger partial charge in [-0.2, -0.15) is 0 Å². The van der Waals surface area contributed by atoms with Crippen LogP contribution in [-0.2, 0) is 19.1 Å². The van der Waals surface area contributed by atoms with E-state index in [0.29, 0.717) is 19.5 Å². The highest BCUT2D eigenvalue weighted by molar-refractivity contribution is 5.83. The third-order valence-corrected chi connectivity index (χ3v) is 3.70. The number of hydrogen-bond donors (Lipinski definition) is 1. The van der Waals surface area contributed by atoms with Crippen LogP contribution in [0.5, 0.6) is 0 Å². The van der Waals surface area contributed by atoms with Crippen molar-refractivity contribution in [3.05, 3.63) is 0 Å². The molecule has 1 aliphatic heterocycles. The molecule has 0 saturated carbocycles.